The van der Waals surface area contributed by atoms with E-state index in [2.05, 4.69) is 0 Å². The first-order valence-electron chi connectivity index (χ1n) is 6.98. The van der Waals surface area contributed by atoms with Crippen LogP contribution in [0.25, 0.3) is 0 Å². The van der Waals surface area contributed by atoms with E-state index in [1.54, 1.807) is 0 Å². The molecular weight excluding hydrogens is 340 g/mol. The molecule has 0 bridgehead atoms. The van der Waals surface area contributed by atoms with Crippen molar-refractivity contribution < 1.29 is 50.0 Å². The van der Waals surface area contributed by atoms with Crippen LogP contribution in [-0.2, 0) is 14.2 Å². The fourth-order valence-corrected chi connectivity index (χ4v) is 2.91. The van der Waals surface area contributed by atoms with Crippen LogP contribution in [0, 0.1) is 0 Å². The Morgan fingerprint density at radius 1 is 1.04 bits per heavy atom. The lowest BCUT2D eigenvalue weighted by atomic mass is 9.98. The third kappa shape index (κ3) is 3.34. The third-order valence-electron chi connectivity index (χ3n) is 4.04. The number of rotatable bonds is 5. The highest BCUT2D eigenvalue weighted by atomic mass is 35.5. The standard InChI is InChI=1S/C12H20ClO10/c13-1-4-7(17)10(19)12(3-15,22-4)23-9-8(18)6(16)5(2-14)21-11(9)20/h4-11,14-19H,1-3H2/q-1/t4-,5-,6-,7-,8+,9-,10+,11+,12+/m1/s1. The maximum Gasteiger partial charge on any atom is 0.221 e. The average Bonchev–Trinajstić information content (AvgIpc) is 2.80. The first-order valence-corrected chi connectivity index (χ1v) is 7.51. The zero-order valence-electron chi connectivity index (χ0n) is 11.9. The molecule has 2 heterocycles. The van der Waals surface area contributed by atoms with E-state index in [0.29, 0.717) is 0 Å². The topological polar surface area (TPSA) is 172 Å². The quantitative estimate of drug-likeness (QED) is 0.262. The predicted octanol–water partition coefficient (Wildman–Crippen LogP) is -4.78. The number of halogens is 1. The van der Waals surface area contributed by atoms with Gasteiger partial charge in [0.2, 0.25) is 5.79 Å². The molecule has 0 aromatic carbocycles. The molecule has 6 N–H and O–H groups in total. The molecule has 0 aromatic heterocycles. The summed E-state index contributed by atoms with van der Waals surface area (Å²) in [4.78, 5) is 0. The lowest BCUT2D eigenvalue weighted by molar-refractivity contribution is -0.543. The molecule has 10 nitrogen and oxygen atoms in total. The van der Waals surface area contributed by atoms with Crippen LogP contribution < -0.4 is 5.11 Å². The summed E-state index contributed by atoms with van der Waals surface area (Å²) < 4.78 is 15.2. The molecule has 0 aliphatic carbocycles. The van der Waals surface area contributed by atoms with Gasteiger partial charge in [-0.1, -0.05) is 0 Å². The third-order valence-corrected chi connectivity index (χ3v) is 4.34. The minimum atomic E-state index is -2.21. The fraction of sp³-hybridized carbons (Fsp3) is 1.00. The summed E-state index contributed by atoms with van der Waals surface area (Å²) in [6.07, 6.45) is -12.8. The molecule has 0 unspecified atom stereocenters. The van der Waals surface area contributed by atoms with Gasteiger partial charge >= 0.3 is 0 Å². The zero-order chi connectivity index (χ0) is 17.4. The summed E-state index contributed by atoms with van der Waals surface area (Å²) in [5.74, 6) is -2.43. The molecule has 0 spiro atoms. The predicted molar refractivity (Wildman–Crippen MR) is 70.1 cm³/mol. The Labute approximate surface area is 136 Å². The number of hydrogen-bond acceptors (Lipinski definition) is 10. The maximum atomic E-state index is 12.0. The number of aliphatic hydroxyl groups excluding tert-OH is 6. The Hall–Kier alpha value is -0.110. The molecule has 0 saturated carbocycles. The van der Waals surface area contributed by atoms with Crippen molar-refractivity contribution in [2.75, 3.05) is 19.1 Å². The second-order valence-corrected chi connectivity index (χ2v) is 5.81. The summed E-state index contributed by atoms with van der Waals surface area (Å²) in [6, 6.07) is 0. The number of hydrogen-bond donors (Lipinski definition) is 6. The van der Waals surface area contributed by atoms with E-state index in [1.807, 2.05) is 0 Å². The molecule has 2 fully saturated rings. The van der Waals surface area contributed by atoms with E-state index in [4.69, 9.17) is 30.9 Å². The summed E-state index contributed by atoms with van der Waals surface area (Å²) in [5, 5.41) is 70.0. The summed E-state index contributed by atoms with van der Waals surface area (Å²) in [6.45, 7) is -1.64. The lowest BCUT2D eigenvalue weighted by Crippen LogP contribution is -2.66. The van der Waals surface area contributed by atoms with E-state index >= 15 is 0 Å². The normalized spacial score (nSPS) is 51.1. The van der Waals surface area contributed by atoms with Crippen LogP contribution in [0.5, 0.6) is 0 Å². The van der Waals surface area contributed by atoms with Crippen LogP contribution in [0.2, 0.25) is 0 Å². The Balaban J connectivity index is 2.18. The van der Waals surface area contributed by atoms with Gasteiger partial charge in [0.1, 0.15) is 49.3 Å². The van der Waals surface area contributed by atoms with Crippen molar-refractivity contribution in [3.63, 3.8) is 0 Å². The summed E-state index contributed by atoms with van der Waals surface area (Å²) in [7, 11) is 0. The first kappa shape index (κ1) is 19.2. The van der Waals surface area contributed by atoms with E-state index < -0.39 is 68.0 Å². The molecule has 2 aliphatic rings. The van der Waals surface area contributed by atoms with Gasteiger partial charge in [-0.2, -0.15) is 0 Å². The van der Waals surface area contributed by atoms with Crippen molar-refractivity contribution in [1.82, 2.24) is 0 Å². The van der Waals surface area contributed by atoms with Gasteiger partial charge in [0.05, 0.1) is 12.5 Å². The Kier molecular flexibility index (Phi) is 6.20. The Bertz CT molecular complexity index is 400. The van der Waals surface area contributed by atoms with E-state index in [1.165, 1.54) is 0 Å². The molecule has 23 heavy (non-hydrogen) atoms. The molecule has 2 aliphatic heterocycles. The monoisotopic (exact) mass is 359 g/mol. The second kappa shape index (κ2) is 7.42. The molecule has 136 valence electrons. The van der Waals surface area contributed by atoms with Crippen molar-refractivity contribution in [1.29, 1.82) is 0 Å². The van der Waals surface area contributed by atoms with Crippen molar-refractivity contribution in [3.8, 4) is 0 Å². The number of aliphatic hydroxyl groups is 6. The van der Waals surface area contributed by atoms with Gasteiger partial charge in [-0.25, -0.2) is 0 Å². The molecule has 0 radical (unpaired) electrons. The highest BCUT2D eigenvalue weighted by molar-refractivity contribution is 6.18. The average molecular weight is 360 g/mol. The minimum Gasteiger partial charge on any atom is -0.829 e. The van der Waals surface area contributed by atoms with Crippen molar-refractivity contribution in [3.05, 3.63) is 0 Å². The van der Waals surface area contributed by atoms with Crippen LogP contribution >= 0.6 is 11.6 Å². The van der Waals surface area contributed by atoms with Gasteiger partial charge in [0.15, 0.2) is 0 Å². The SMILES string of the molecule is [O-][C@H]1O[C@H](CO)[C@@H](O)[C@H](O)[C@H]1O[C@]1(CO)O[C@H](CCl)[C@@H](O)[C@@H]1O. The van der Waals surface area contributed by atoms with Gasteiger partial charge in [-0.3, -0.25) is 0 Å². The van der Waals surface area contributed by atoms with E-state index in [0.717, 1.165) is 0 Å². The van der Waals surface area contributed by atoms with Crippen LogP contribution in [-0.4, -0.2) is 105 Å². The van der Waals surface area contributed by atoms with Crippen molar-refractivity contribution in [2.24, 2.45) is 0 Å². The molecule has 9 atom stereocenters. The molecule has 0 aromatic rings. The lowest BCUT2D eigenvalue weighted by Gasteiger charge is -2.48. The Morgan fingerprint density at radius 2 is 1.70 bits per heavy atom. The van der Waals surface area contributed by atoms with Crippen molar-refractivity contribution >= 4 is 11.6 Å². The maximum absolute atomic E-state index is 12.0. The molecule has 11 heteroatoms. The van der Waals surface area contributed by atoms with Gasteiger partial charge in [0.25, 0.3) is 0 Å². The molecule has 0 amide bonds. The van der Waals surface area contributed by atoms with Crippen molar-refractivity contribution in [2.45, 2.75) is 54.8 Å². The smallest absolute Gasteiger partial charge is 0.221 e. The van der Waals surface area contributed by atoms with Gasteiger partial charge in [-0.05, 0) is 0 Å². The second-order valence-electron chi connectivity index (χ2n) is 5.51. The van der Waals surface area contributed by atoms with Gasteiger partial charge in [0, 0.05) is 6.29 Å². The van der Waals surface area contributed by atoms with Crippen LogP contribution in [0.1, 0.15) is 0 Å². The summed E-state index contributed by atoms with van der Waals surface area (Å²) in [5.41, 5.74) is 0. The van der Waals surface area contributed by atoms with E-state index in [9.17, 15) is 30.6 Å². The zero-order valence-corrected chi connectivity index (χ0v) is 12.7. The summed E-state index contributed by atoms with van der Waals surface area (Å²) >= 11 is 5.58. The van der Waals surface area contributed by atoms with E-state index in [-0.39, 0.29) is 5.88 Å². The minimum absolute atomic E-state index is 0.219. The van der Waals surface area contributed by atoms with Crippen LogP contribution in [0.4, 0.5) is 0 Å². The highest BCUT2D eigenvalue weighted by Gasteiger charge is 2.57. The molecule has 2 rings (SSSR count). The number of ether oxygens (including phenoxy) is 3. The fourth-order valence-electron chi connectivity index (χ4n) is 2.66. The Morgan fingerprint density at radius 3 is 2.17 bits per heavy atom. The largest absolute Gasteiger partial charge is 0.829 e. The highest BCUT2D eigenvalue weighted by Crippen LogP contribution is 2.36. The van der Waals surface area contributed by atoms with Gasteiger partial charge < -0.3 is 50.0 Å². The molecular formula is C12H20ClO10-. The molecule has 2 saturated heterocycles. The van der Waals surface area contributed by atoms with Gasteiger partial charge in [-0.15, -0.1) is 11.6 Å². The number of alkyl halides is 1. The van der Waals surface area contributed by atoms with Crippen LogP contribution in [0.15, 0.2) is 0 Å². The van der Waals surface area contributed by atoms with Crippen LogP contribution in [0.3, 0.4) is 0 Å². The first-order chi connectivity index (χ1) is 10.8.